The number of hydrogen-bond donors (Lipinski definition) is 2. The lowest BCUT2D eigenvalue weighted by molar-refractivity contribution is -0.125. The number of halogens is 2. The maximum absolute atomic E-state index is 14.9. The molecule has 8 nitrogen and oxygen atoms in total. The van der Waals surface area contributed by atoms with Crippen LogP contribution in [0.5, 0.6) is 5.88 Å². The number of amides is 1. The number of hydrogen-bond acceptors (Lipinski definition) is 7. The summed E-state index contributed by atoms with van der Waals surface area (Å²) in [6.45, 7) is 7.59. The van der Waals surface area contributed by atoms with Crippen LogP contribution in [0.1, 0.15) is 25.8 Å². The molecule has 0 aliphatic carbocycles. The molecule has 2 aromatic heterocycles. The quantitative estimate of drug-likeness (QED) is 0.525. The Bertz CT molecular complexity index is 1230. The highest BCUT2D eigenvalue weighted by Gasteiger charge is 2.27. The molecule has 0 saturated carbocycles. The molecule has 1 aromatic carbocycles. The third-order valence-corrected chi connectivity index (χ3v) is 5.74. The van der Waals surface area contributed by atoms with Crippen molar-refractivity contribution in [2.75, 3.05) is 18.4 Å². The van der Waals surface area contributed by atoms with Crippen LogP contribution in [0.4, 0.5) is 15.9 Å². The Hall–Kier alpha value is -3.30. The van der Waals surface area contributed by atoms with Crippen LogP contribution in [0.15, 0.2) is 43.2 Å². The van der Waals surface area contributed by atoms with Crippen LogP contribution in [0, 0.1) is 5.82 Å². The number of likely N-dealkylation sites (tertiary alicyclic amines) is 1. The molecule has 3 heterocycles. The highest BCUT2D eigenvalue weighted by Crippen LogP contribution is 2.35. The van der Waals surface area contributed by atoms with Crippen LogP contribution >= 0.6 is 11.6 Å². The molecular formula is C23H23ClFN5O3. The number of carbonyl (C=O) groups is 1. The van der Waals surface area contributed by atoms with E-state index in [-0.39, 0.29) is 34.1 Å². The Kier molecular flexibility index (Phi) is 6.18. The summed E-state index contributed by atoms with van der Waals surface area (Å²) in [4.78, 5) is 26.4. The van der Waals surface area contributed by atoms with Gasteiger partial charge in [0.1, 0.15) is 17.9 Å². The van der Waals surface area contributed by atoms with E-state index in [0.29, 0.717) is 36.4 Å². The monoisotopic (exact) mass is 471 g/mol. The van der Waals surface area contributed by atoms with Crippen molar-refractivity contribution in [3.05, 3.63) is 59.7 Å². The summed E-state index contributed by atoms with van der Waals surface area (Å²) in [5.41, 5.74) is -0.0223. The standard InChI is InChI=1S/C23H23ClFN5O3/c1-4-18(31)30-10-9-13(11-30)33-17-8-7-16-21(29-17)22(27-12-26-16)28-15-6-5-14(23(2,3)32)19(24)20(15)25/h4-8,12-13,32H,1,9-11H2,2-3H3,(H,26,27,28). The molecule has 3 aromatic rings. The van der Waals surface area contributed by atoms with Crippen molar-refractivity contribution in [1.82, 2.24) is 19.9 Å². The maximum Gasteiger partial charge on any atom is 0.246 e. The number of carbonyl (C=O) groups excluding carboxylic acids is 1. The van der Waals surface area contributed by atoms with Gasteiger partial charge in [-0.3, -0.25) is 4.79 Å². The van der Waals surface area contributed by atoms with E-state index in [2.05, 4.69) is 26.8 Å². The van der Waals surface area contributed by atoms with Crippen LogP contribution in [-0.4, -0.2) is 50.1 Å². The SMILES string of the molecule is C=CC(=O)N1CCC(Oc2ccc3ncnc(Nc4ccc(C(C)(C)O)c(Cl)c4F)c3n2)C1. The lowest BCUT2D eigenvalue weighted by atomic mass is 9.98. The molecule has 0 radical (unpaired) electrons. The van der Waals surface area contributed by atoms with Gasteiger partial charge in [0.05, 0.1) is 28.4 Å². The molecule has 2 N–H and O–H groups in total. The van der Waals surface area contributed by atoms with Gasteiger partial charge in [-0.2, -0.15) is 0 Å². The van der Waals surface area contributed by atoms with E-state index >= 15 is 0 Å². The second-order valence-electron chi connectivity index (χ2n) is 8.23. The molecule has 0 bridgehead atoms. The van der Waals surface area contributed by atoms with Gasteiger partial charge in [-0.15, -0.1) is 0 Å². The number of anilines is 2. The number of nitrogens with zero attached hydrogens (tertiary/aromatic N) is 4. The zero-order chi connectivity index (χ0) is 23.8. The Morgan fingerprint density at radius 1 is 1.36 bits per heavy atom. The predicted molar refractivity (Wildman–Crippen MR) is 123 cm³/mol. The van der Waals surface area contributed by atoms with E-state index in [1.165, 1.54) is 32.3 Å². The number of fused-ring (bicyclic) bond motifs is 1. The normalized spacial score (nSPS) is 16.2. The zero-order valence-corrected chi connectivity index (χ0v) is 18.9. The van der Waals surface area contributed by atoms with Crippen LogP contribution < -0.4 is 10.1 Å². The highest BCUT2D eigenvalue weighted by molar-refractivity contribution is 6.32. The fourth-order valence-corrected chi connectivity index (χ4v) is 4.05. The number of aliphatic hydroxyl groups is 1. The highest BCUT2D eigenvalue weighted by atomic mass is 35.5. The predicted octanol–water partition coefficient (Wildman–Crippen LogP) is 3.95. The first-order valence-corrected chi connectivity index (χ1v) is 10.7. The summed E-state index contributed by atoms with van der Waals surface area (Å²) >= 11 is 6.15. The third kappa shape index (κ3) is 4.74. The van der Waals surface area contributed by atoms with Crippen LogP contribution in [0.3, 0.4) is 0 Å². The fourth-order valence-electron chi connectivity index (χ4n) is 3.65. The molecule has 1 aliphatic heterocycles. The third-order valence-electron chi connectivity index (χ3n) is 5.37. The van der Waals surface area contributed by atoms with Gasteiger partial charge < -0.3 is 20.1 Å². The van der Waals surface area contributed by atoms with Gasteiger partial charge in [-0.1, -0.05) is 24.2 Å². The second-order valence-corrected chi connectivity index (χ2v) is 8.61. The summed E-state index contributed by atoms with van der Waals surface area (Å²) < 4.78 is 20.9. The van der Waals surface area contributed by atoms with Crippen molar-refractivity contribution < 1.29 is 19.0 Å². The van der Waals surface area contributed by atoms with Gasteiger partial charge in [0.25, 0.3) is 0 Å². The minimum Gasteiger partial charge on any atom is -0.472 e. The summed E-state index contributed by atoms with van der Waals surface area (Å²) in [6, 6.07) is 6.45. The van der Waals surface area contributed by atoms with Gasteiger partial charge in [0.15, 0.2) is 11.6 Å². The number of aromatic nitrogens is 3. The number of benzene rings is 1. The summed E-state index contributed by atoms with van der Waals surface area (Å²) in [5.74, 6) is -0.238. The van der Waals surface area contributed by atoms with Crippen LogP contribution in [-0.2, 0) is 10.4 Å². The number of ether oxygens (including phenoxy) is 1. The molecule has 0 spiro atoms. The molecule has 1 aliphatic rings. The first-order valence-electron chi connectivity index (χ1n) is 10.3. The first kappa shape index (κ1) is 22.9. The maximum atomic E-state index is 14.9. The largest absolute Gasteiger partial charge is 0.472 e. The smallest absolute Gasteiger partial charge is 0.246 e. The number of pyridine rings is 1. The molecule has 172 valence electrons. The van der Waals surface area contributed by atoms with Gasteiger partial charge in [-0.25, -0.2) is 19.3 Å². The molecule has 33 heavy (non-hydrogen) atoms. The second kappa shape index (κ2) is 8.92. The molecule has 4 rings (SSSR count). The fraction of sp³-hybridized carbons (Fsp3) is 0.304. The molecule has 10 heteroatoms. The zero-order valence-electron chi connectivity index (χ0n) is 18.2. The van der Waals surface area contributed by atoms with Crippen LogP contribution in [0.2, 0.25) is 5.02 Å². The van der Waals surface area contributed by atoms with Gasteiger partial charge in [0, 0.05) is 24.6 Å². The average molecular weight is 472 g/mol. The lowest BCUT2D eigenvalue weighted by Crippen LogP contribution is -2.29. The molecular weight excluding hydrogens is 449 g/mol. The van der Waals surface area contributed by atoms with Crippen molar-refractivity contribution in [2.24, 2.45) is 0 Å². The van der Waals surface area contributed by atoms with E-state index in [0.717, 1.165) is 0 Å². The average Bonchev–Trinajstić information content (AvgIpc) is 3.24. The molecule has 1 amide bonds. The lowest BCUT2D eigenvalue weighted by Gasteiger charge is -2.21. The van der Waals surface area contributed by atoms with Crippen molar-refractivity contribution in [3.8, 4) is 5.88 Å². The van der Waals surface area contributed by atoms with Crippen molar-refractivity contribution in [1.29, 1.82) is 0 Å². The van der Waals surface area contributed by atoms with Gasteiger partial charge >= 0.3 is 0 Å². The topological polar surface area (TPSA) is 100 Å². The van der Waals surface area contributed by atoms with E-state index in [1.54, 1.807) is 23.1 Å². The van der Waals surface area contributed by atoms with Gasteiger partial charge in [0.2, 0.25) is 11.8 Å². The van der Waals surface area contributed by atoms with E-state index in [9.17, 15) is 14.3 Å². The van der Waals surface area contributed by atoms with Crippen molar-refractivity contribution in [3.63, 3.8) is 0 Å². The minimum atomic E-state index is -1.29. The van der Waals surface area contributed by atoms with E-state index in [4.69, 9.17) is 16.3 Å². The molecule has 1 unspecified atom stereocenters. The summed E-state index contributed by atoms with van der Waals surface area (Å²) in [5, 5.41) is 12.9. The number of nitrogens with one attached hydrogen (secondary N) is 1. The van der Waals surface area contributed by atoms with E-state index < -0.39 is 11.4 Å². The Morgan fingerprint density at radius 2 is 2.15 bits per heavy atom. The Morgan fingerprint density at radius 3 is 2.88 bits per heavy atom. The Labute approximate surface area is 195 Å². The number of rotatable bonds is 6. The van der Waals surface area contributed by atoms with E-state index in [1.807, 2.05) is 0 Å². The van der Waals surface area contributed by atoms with Crippen molar-refractivity contribution >= 4 is 40.0 Å². The molecule has 1 atom stereocenters. The Balaban J connectivity index is 1.60. The molecule has 1 fully saturated rings. The molecule has 1 saturated heterocycles. The first-order chi connectivity index (χ1) is 15.7. The minimum absolute atomic E-state index is 0.0792. The van der Waals surface area contributed by atoms with Crippen LogP contribution in [0.25, 0.3) is 11.0 Å². The summed E-state index contributed by atoms with van der Waals surface area (Å²) in [7, 11) is 0. The van der Waals surface area contributed by atoms with Crippen molar-refractivity contribution in [2.45, 2.75) is 32.0 Å². The van der Waals surface area contributed by atoms with Gasteiger partial charge in [-0.05, 0) is 32.1 Å². The summed E-state index contributed by atoms with van der Waals surface area (Å²) in [6.07, 6.45) is 3.09.